The van der Waals surface area contributed by atoms with Crippen LogP contribution in [-0.2, 0) is 0 Å². The highest BCUT2D eigenvalue weighted by Crippen LogP contribution is 2.20. The van der Waals surface area contributed by atoms with Crippen molar-refractivity contribution in [3.63, 3.8) is 0 Å². The lowest BCUT2D eigenvalue weighted by Gasteiger charge is -2.28. The molecule has 0 spiro atoms. The van der Waals surface area contributed by atoms with E-state index in [4.69, 9.17) is 0 Å². The SMILES string of the molecule is CN(C)CC1CCCN1CCCC1CCCNC1. The minimum Gasteiger partial charge on any atom is -0.316 e. The molecule has 0 aromatic rings. The standard InChI is InChI=1S/C15H31N3/c1-17(2)13-15-8-5-11-18(15)10-4-7-14-6-3-9-16-12-14/h14-16H,3-13H2,1-2H3. The van der Waals surface area contributed by atoms with E-state index in [1.807, 2.05) is 0 Å². The van der Waals surface area contributed by atoms with Gasteiger partial charge in [-0.3, -0.25) is 4.90 Å². The van der Waals surface area contributed by atoms with Gasteiger partial charge in [-0.2, -0.15) is 0 Å². The Morgan fingerprint density at radius 1 is 1.22 bits per heavy atom. The molecule has 0 radical (unpaired) electrons. The number of rotatable bonds is 6. The smallest absolute Gasteiger partial charge is 0.0223 e. The average molecular weight is 253 g/mol. The molecule has 0 saturated carbocycles. The molecule has 1 N–H and O–H groups in total. The predicted molar refractivity (Wildman–Crippen MR) is 78.0 cm³/mol. The number of likely N-dealkylation sites (tertiary alicyclic amines) is 1. The van der Waals surface area contributed by atoms with E-state index in [0.717, 1.165) is 12.0 Å². The third kappa shape index (κ3) is 4.52. The summed E-state index contributed by atoms with van der Waals surface area (Å²) in [6.07, 6.45) is 8.48. The van der Waals surface area contributed by atoms with Crippen molar-refractivity contribution >= 4 is 0 Å². The maximum atomic E-state index is 3.53. The highest BCUT2D eigenvalue weighted by Gasteiger charge is 2.24. The minimum atomic E-state index is 0.824. The van der Waals surface area contributed by atoms with Crippen LogP contribution in [0, 0.1) is 5.92 Å². The zero-order valence-corrected chi connectivity index (χ0v) is 12.3. The van der Waals surface area contributed by atoms with Gasteiger partial charge in [-0.05, 0) is 84.7 Å². The molecular formula is C15H31N3. The van der Waals surface area contributed by atoms with Crippen LogP contribution in [0.1, 0.15) is 38.5 Å². The van der Waals surface area contributed by atoms with Crippen LogP contribution in [0.15, 0.2) is 0 Å². The highest BCUT2D eigenvalue weighted by molar-refractivity contribution is 4.81. The van der Waals surface area contributed by atoms with E-state index in [1.54, 1.807) is 0 Å². The normalized spacial score (nSPS) is 30.2. The number of hydrogen-bond acceptors (Lipinski definition) is 3. The van der Waals surface area contributed by atoms with Crippen LogP contribution in [-0.4, -0.2) is 62.7 Å². The maximum Gasteiger partial charge on any atom is 0.0223 e. The number of hydrogen-bond donors (Lipinski definition) is 1. The van der Waals surface area contributed by atoms with Crippen molar-refractivity contribution in [1.82, 2.24) is 15.1 Å². The topological polar surface area (TPSA) is 18.5 Å². The van der Waals surface area contributed by atoms with Crippen molar-refractivity contribution in [3.8, 4) is 0 Å². The first-order valence-electron chi connectivity index (χ1n) is 7.85. The largest absolute Gasteiger partial charge is 0.316 e. The van der Waals surface area contributed by atoms with Gasteiger partial charge in [-0.1, -0.05) is 0 Å². The lowest BCUT2D eigenvalue weighted by Crippen LogP contribution is -2.38. The van der Waals surface area contributed by atoms with Gasteiger partial charge in [-0.15, -0.1) is 0 Å². The number of piperidine rings is 1. The fourth-order valence-electron chi connectivity index (χ4n) is 3.57. The van der Waals surface area contributed by atoms with Gasteiger partial charge < -0.3 is 10.2 Å². The molecule has 0 aromatic carbocycles. The Balaban J connectivity index is 1.62. The van der Waals surface area contributed by atoms with E-state index in [0.29, 0.717) is 0 Å². The quantitative estimate of drug-likeness (QED) is 0.778. The Morgan fingerprint density at radius 2 is 2.11 bits per heavy atom. The molecule has 2 aliphatic heterocycles. The van der Waals surface area contributed by atoms with Gasteiger partial charge in [0.05, 0.1) is 0 Å². The maximum absolute atomic E-state index is 3.53. The van der Waals surface area contributed by atoms with Crippen molar-refractivity contribution < 1.29 is 0 Å². The van der Waals surface area contributed by atoms with Gasteiger partial charge in [0.25, 0.3) is 0 Å². The predicted octanol–water partition coefficient (Wildman–Crippen LogP) is 1.79. The van der Waals surface area contributed by atoms with Gasteiger partial charge in [0.15, 0.2) is 0 Å². The van der Waals surface area contributed by atoms with E-state index in [-0.39, 0.29) is 0 Å². The van der Waals surface area contributed by atoms with Crippen molar-refractivity contribution in [1.29, 1.82) is 0 Å². The van der Waals surface area contributed by atoms with Crippen molar-refractivity contribution in [2.45, 2.75) is 44.6 Å². The van der Waals surface area contributed by atoms with Gasteiger partial charge in [0, 0.05) is 12.6 Å². The Kier molecular flexibility index (Phi) is 5.93. The van der Waals surface area contributed by atoms with E-state index < -0.39 is 0 Å². The van der Waals surface area contributed by atoms with Crippen LogP contribution in [0.5, 0.6) is 0 Å². The summed E-state index contributed by atoms with van der Waals surface area (Å²) in [5, 5.41) is 3.53. The fraction of sp³-hybridized carbons (Fsp3) is 1.00. The van der Waals surface area contributed by atoms with E-state index >= 15 is 0 Å². The zero-order valence-electron chi connectivity index (χ0n) is 12.3. The van der Waals surface area contributed by atoms with E-state index in [2.05, 4.69) is 29.2 Å². The molecule has 0 amide bonds. The summed E-state index contributed by atoms with van der Waals surface area (Å²) in [6, 6.07) is 0.824. The molecule has 0 aromatic heterocycles. The first kappa shape index (κ1) is 14.3. The molecule has 2 atom stereocenters. The summed E-state index contributed by atoms with van der Waals surface area (Å²) < 4.78 is 0. The third-order valence-electron chi connectivity index (χ3n) is 4.53. The first-order chi connectivity index (χ1) is 8.75. The minimum absolute atomic E-state index is 0.824. The van der Waals surface area contributed by atoms with Gasteiger partial charge >= 0.3 is 0 Å². The molecule has 0 bridgehead atoms. The van der Waals surface area contributed by atoms with Crippen LogP contribution >= 0.6 is 0 Å². The molecule has 2 unspecified atom stereocenters. The fourth-order valence-corrected chi connectivity index (χ4v) is 3.57. The lowest BCUT2D eigenvalue weighted by molar-refractivity contribution is 0.199. The molecular weight excluding hydrogens is 222 g/mol. The summed E-state index contributed by atoms with van der Waals surface area (Å²) in [5.41, 5.74) is 0. The van der Waals surface area contributed by atoms with Gasteiger partial charge in [0.2, 0.25) is 0 Å². The Hall–Kier alpha value is -0.120. The molecule has 0 aliphatic carbocycles. The Labute approximate surface area is 113 Å². The molecule has 3 nitrogen and oxygen atoms in total. The molecule has 2 saturated heterocycles. The molecule has 3 heteroatoms. The summed E-state index contributed by atoms with van der Waals surface area (Å²) in [7, 11) is 4.40. The van der Waals surface area contributed by atoms with Crippen molar-refractivity contribution in [2.75, 3.05) is 46.8 Å². The second-order valence-electron chi connectivity index (χ2n) is 6.45. The van der Waals surface area contributed by atoms with Crippen molar-refractivity contribution in [2.24, 2.45) is 5.92 Å². The van der Waals surface area contributed by atoms with E-state index in [1.165, 1.54) is 71.2 Å². The summed E-state index contributed by atoms with van der Waals surface area (Å²) in [6.45, 7) is 6.41. The van der Waals surface area contributed by atoms with Crippen molar-refractivity contribution in [3.05, 3.63) is 0 Å². The molecule has 2 rings (SSSR count). The third-order valence-corrected chi connectivity index (χ3v) is 4.53. The Morgan fingerprint density at radius 3 is 2.83 bits per heavy atom. The van der Waals surface area contributed by atoms with Crippen LogP contribution < -0.4 is 5.32 Å². The number of nitrogens with zero attached hydrogens (tertiary/aromatic N) is 2. The summed E-state index contributed by atoms with van der Waals surface area (Å²) >= 11 is 0. The molecule has 2 fully saturated rings. The van der Waals surface area contributed by atoms with E-state index in [9.17, 15) is 0 Å². The highest BCUT2D eigenvalue weighted by atomic mass is 15.2. The Bertz CT molecular complexity index is 224. The lowest BCUT2D eigenvalue weighted by atomic mass is 9.94. The van der Waals surface area contributed by atoms with Crippen LogP contribution in [0.3, 0.4) is 0 Å². The first-order valence-corrected chi connectivity index (χ1v) is 7.85. The monoisotopic (exact) mass is 253 g/mol. The molecule has 2 heterocycles. The van der Waals surface area contributed by atoms with Gasteiger partial charge in [0.1, 0.15) is 0 Å². The second kappa shape index (κ2) is 7.46. The van der Waals surface area contributed by atoms with Crippen LogP contribution in [0.2, 0.25) is 0 Å². The number of likely N-dealkylation sites (N-methyl/N-ethyl adjacent to an activating group) is 1. The van der Waals surface area contributed by atoms with Gasteiger partial charge in [-0.25, -0.2) is 0 Å². The second-order valence-corrected chi connectivity index (χ2v) is 6.45. The molecule has 18 heavy (non-hydrogen) atoms. The van der Waals surface area contributed by atoms with Crippen LogP contribution in [0.4, 0.5) is 0 Å². The van der Waals surface area contributed by atoms with Crippen LogP contribution in [0.25, 0.3) is 0 Å². The summed E-state index contributed by atoms with van der Waals surface area (Å²) in [4.78, 5) is 5.07. The molecule has 106 valence electrons. The average Bonchev–Trinajstić information content (AvgIpc) is 2.77. The summed E-state index contributed by atoms with van der Waals surface area (Å²) in [5.74, 6) is 0.952. The zero-order chi connectivity index (χ0) is 12.8. The molecule has 2 aliphatic rings. The number of nitrogens with one attached hydrogen (secondary N) is 1.